The Bertz CT molecular complexity index is 1110. The van der Waals surface area contributed by atoms with Gasteiger partial charge >= 0.3 is 0 Å². The fraction of sp³-hybridized carbons (Fsp3) is 0.158. The molecule has 1 amide bonds. The number of benzene rings is 2. The molecule has 0 radical (unpaired) electrons. The molecule has 2 aromatic carbocycles. The van der Waals surface area contributed by atoms with Gasteiger partial charge in [0.2, 0.25) is 0 Å². The van der Waals surface area contributed by atoms with Crippen LogP contribution in [0.3, 0.4) is 0 Å². The SMILES string of the molecule is Cc1cc(S(=O)(=O)Nc2ccc(C(=O)NCc3cnn(C)c3)cc2)ccc1F. The highest BCUT2D eigenvalue weighted by atomic mass is 32.2. The summed E-state index contributed by atoms with van der Waals surface area (Å²) in [5.74, 6) is -0.756. The van der Waals surface area contributed by atoms with Crippen molar-refractivity contribution in [2.45, 2.75) is 18.4 Å². The second kappa shape index (κ2) is 7.81. The zero-order valence-corrected chi connectivity index (χ0v) is 16.1. The van der Waals surface area contributed by atoms with Gasteiger partial charge in [-0.15, -0.1) is 0 Å². The first kappa shape index (κ1) is 19.6. The molecule has 7 nitrogen and oxygen atoms in total. The van der Waals surface area contributed by atoms with Gasteiger partial charge in [-0.2, -0.15) is 5.10 Å². The van der Waals surface area contributed by atoms with Crippen molar-refractivity contribution < 1.29 is 17.6 Å². The fourth-order valence-electron chi connectivity index (χ4n) is 2.54. The van der Waals surface area contributed by atoms with Crippen LogP contribution in [0.2, 0.25) is 0 Å². The molecule has 0 unspecified atom stereocenters. The van der Waals surface area contributed by atoms with Crippen LogP contribution in [0.25, 0.3) is 0 Å². The summed E-state index contributed by atoms with van der Waals surface area (Å²) in [7, 11) is -2.07. The first-order valence-corrected chi connectivity index (χ1v) is 9.88. The molecule has 3 aromatic rings. The van der Waals surface area contributed by atoms with E-state index in [1.807, 2.05) is 0 Å². The van der Waals surface area contributed by atoms with Crippen molar-refractivity contribution in [1.82, 2.24) is 15.1 Å². The van der Waals surface area contributed by atoms with Gasteiger partial charge in [0, 0.05) is 36.6 Å². The van der Waals surface area contributed by atoms with E-state index in [0.29, 0.717) is 17.8 Å². The second-order valence-electron chi connectivity index (χ2n) is 6.30. The number of nitrogens with zero attached hydrogens (tertiary/aromatic N) is 2. The monoisotopic (exact) mass is 402 g/mol. The summed E-state index contributed by atoms with van der Waals surface area (Å²) in [5.41, 5.74) is 1.80. The van der Waals surface area contributed by atoms with Crippen LogP contribution in [0.4, 0.5) is 10.1 Å². The Morgan fingerprint density at radius 1 is 1.18 bits per heavy atom. The molecule has 0 aliphatic rings. The molecule has 9 heteroatoms. The normalized spacial score (nSPS) is 11.2. The highest BCUT2D eigenvalue weighted by Crippen LogP contribution is 2.19. The number of aromatic nitrogens is 2. The summed E-state index contributed by atoms with van der Waals surface area (Å²) in [6.07, 6.45) is 3.46. The van der Waals surface area contributed by atoms with Gasteiger partial charge in [0.25, 0.3) is 15.9 Å². The molecule has 1 aromatic heterocycles. The molecule has 146 valence electrons. The predicted molar refractivity (Wildman–Crippen MR) is 103 cm³/mol. The number of carbonyl (C=O) groups is 1. The Morgan fingerprint density at radius 3 is 2.50 bits per heavy atom. The summed E-state index contributed by atoms with van der Waals surface area (Å²) in [4.78, 5) is 12.2. The van der Waals surface area contributed by atoms with Crippen molar-refractivity contribution in [3.8, 4) is 0 Å². The number of carbonyl (C=O) groups excluding carboxylic acids is 1. The largest absolute Gasteiger partial charge is 0.348 e. The van der Waals surface area contributed by atoms with E-state index in [1.165, 1.54) is 43.3 Å². The van der Waals surface area contributed by atoms with Gasteiger partial charge in [0.1, 0.15) is 5.82 Å². The van der Waals surface area contributed by atoms with Crippen LogP contribution < -0.4 is 10.0 Å². The minimum atomic E-state index is -3.86. The molecule has 0 saturated carbocycles. The Kier molecular flexibility index (Phi) is 5.46. The van der Waals surface area contributed by atoms with Crippen molar-refractivity contribution in [2.24, 2.45) is 7.05 Å². The molecule has 0 bridgehead atoms. The van der Waals surface area contributed by atoms with Gasteiger partial charge in [0.05, 0.1) is 11.1 Å². The number of aryl methyl sites for hydroxylation is 2. The van der Waals surface area contributed by atoms with E-state index in [4.69, 9.17) is 0 Å². The third-order valence-electron chi connectivity index (χ3n) is 4.05. The van der Waals surface area contributed by atoms with Gasteiger partial charge in [-0.3, -0.25) is 14.2 Å². The molecule has 0 fully saturated rings. The molecule has 2 N–H and O–H groups in total. The zero-order valence-electron chi connectivity index (χ0n) is 15.3. The van der Waals surface area contributed by atoms with Crippen LogP contribution in [0.15, 0.2) is 59.8 Å². The Morgan fingerprint density at radius 2 is 1.89 bits per heavy atom. The number of halogens is 1. The third kappa shape index (κ3) is 4.55. The number of hydrogen-bond acceptors (Lipinski definition) is 4. The smallest absolute Gasteiger partial charge is 0.261 e. The summed E-state index contributed by atoms with van der Waals surface area (Å²) >= 11 is 0. The van der Waals surface area contributed by atoms with E-state index in [1.54, 1.807) is 24.1 Å². The van der Waals surface area contributed by atoms with Crippen LogP contribution in [0, 0.1) is 12.7 Å². The van der Waals surface area contributed by atoms with E-state index in [-0.39, 0.29) is 16.4 Å². The minimum Gasteiger partial charge on any atom is -0.348 e. The van der Waals surface area contributed by atoms with Crippen LogP contribution in [-0.2, 0) is 23.6 Å². The number of sulfonamides is 1. The Hall–Kier alpha value is -3.20. The minimum absolute atomic E-state index is 0.0373. The maximum atomic E-state index is 13.3. The summed E-state index contributed by atoms with van der Waals surface area (Å²) in [5, 5.41) is 6.79. The number of anilines is 1. The third-order valence-corrected chi connectivity index (χ3v) is 5.43. The summed E-state index contributed by atoms with van der Waals surface area (Å²) in [6, 6.07) is 9.60. The van der Waals surface area contributed by atoms with Crippen molar-refractivity contribution in [2.75, 3.05) is 4.72 Å². The maximum Gasteiger partial charge on any atom is 0.261 e. The van der Waals surface area contributed by atoms with Crippen LogP contribution in [0.5, 0.6) is 0 Å². The van der Waals surface area contributed by atoms with Crippen LogP contribution >= 0.6 is 0 Å². The molecular weight excluding hydrogens is 383 g/mol. The first-order chi connectivity index (χ1) is 13.2. The predicted octanol–water partition coefficient (Wildman–Crippen LogP) is 2.60. The van der Waals surface area contributed by atoms with Crippen LogP contribution in [0.1, 0.15) is 21.5 Å². The van der Waals surface area contributed by atoms with Crippen LogP contribution in [-0.4, -0.2) is 24.1 Å². The highest BCUT2D eigenvalue weighted by molar-refractivity contribution is 7.92. The van der Waals surface area contributed by atoms with E-state index < -0.39 is 15.8 Å². The molecule has 0 spiro atoms. The fourth-order valence-corrected chi connectivity index (χ4v) is 3.68. The Balaban J connectivity index is 1.66. The first-order valence-electron chi connectivity index (χ1n) is 8.39. The lowest BCUT2D eigenvalue weighted by Gasteiger charge is -2.10. The summed E-state index contributed by atoms with van der Waals surface area (Å²) in [6.45, 7) is 1.83. The van der Waals surface area contributed by atoms with E-state index in [2.05, 4.69) is 15.1 Å². The molecule has 0 aliphatic carbocycles. The van der Waals surface area contributed by atoms with E-state index in [9.17, 15) is 17.6 Å². The molecule has 0 saturated heterocycles. The van der Waals surface area contributed by atoms with Crippen molar-refractivity contribution >= 4 is 21.6 Å². The van der Waals surface area contributed by atoms with Gasteiger partial charge < -0.3 is 5.32 Å². The van der Waals surface area contributed by atoms with Gasteiger partial charge in [-0.25, -0.2) is 12.8 Å². The number of amides is 1. The average Bonchev–Trinajstić information content (AvgIpc) is 3.07. The molecule has 1 heterocycles. The Labute approximate surface area is 162 Å². The topological polar surface area (TPSA) is 93.1 Å². The quantitative estimate of drug-likeness (QED) is 0.663. The lowest BCUT2D eigenvalue weighted by Crippen LogP contribution is -2.22. The zero-order chi connectivity index (χ0) is 20.3. The molecule has 28 heavy (non-hydrogen) atoms. The van der Waals surface area contributed by atoms with Crippen molar-refractivity contribution in [3.63, 3.8) is 0 Å². The van der Waals surface area contributed by atoms with Gasteiger partial charge in [0.15, 0.2) is 0 Å². The summed E-state index contributed by atoms with van der Waals surface area (Å²) < 4.78 is 42.3. The van der Waals surface area contributed by atoms with Gasteiger partial charge in [-0.1, -0.05) is 0 Å². The van der Waals surface area contributed by atoms with Gasteiger partial charge in [-0.05, 0) is 55.0 Å². The maximum absolute atomic E-state index is 13.3. The standard InChI is InChI=1S/C19H19FN4O3S/c1-13-9-17(7-8-18(13)20)28(26,27)23-16-5-3-15(4-6-16)19(25)21-10-14-11-22-24(2)12-14/h3-9,11-12,23H,10H2,1-2H3,(H,21,25). The van der Waals surface area contributed by atoms with E-state index in [0.717, 1.165) is 11.6 Å². The second-order valence-corrected chi connectivity index (χ2v) is 7.98. The molecular formula is C19H19FN4O3S. The molecule has 0 aliphatic heterocycles. The number of rotatable bonds is 6. The lowest BCUT2D eigenvalue weighted by molar-refractivity contribution is 0.0951. The van der Waals surface area contributed by atoms with Crippen molar-refractivity contribution in [1.29, 1.82) is 0 Å². The van der Waals surface area contributed by atoms with Crippen molar-refractivity contribution in [3.05, 3.63) is 77.4 Å². The molecule has 0 atom stereocenters. The number of hydrogen-bond donors (Lipinski definition) is 2. The van der Waals surface area contributed by atoms with E-state index >= 15 is 0 Å². The molecule has 3 rings (SSSR count). The average molecular weight is 402 g/mol. The number of nitrogens with one attached hydrogen (secondary N) is 2. The lowest BCUT2D eigenvalue weighted by atomic mass is 10.2. The highest BCUT2D eigenvalue weighted by Gasteiger charge is 2.16.